The predicted octanol–water partition coefficient (Wildman–Crippen LogP) is 5.34. The van der Waals surface area contributed by atoms with Gasteiger partial charge >= 0.3 is 0 Å². The molecule has 2 aromatic rings. The summed E-state index contributed by atoms with van der Waals surface area (Å²) >= 11 is 0. The summed E-state index contributed by atoms with van der Waals surface area (Å²) in [7, 11) is -3.62. The molecule has 1 aliphatic rings. The van der Waals surface area contributed by atoms with Crippen molar-refractivity contribution in [1.82, 2.24) is 4.41 Å². The largest absolute Gasteiger partial charge is 0.279 e. The molecule has 3 rings (SSSR count). The van der Waals surface area contributed by atoms with E-state index in [1.807, 2.05) is 24.3 Å². The highest BCUT2D eigenvalue weighted by Crippen LogP contribution is 2.23. The van der Waals surface area contributed by atoms with Gasteiger partial charge in [0.1, 0.15) is 0 Å². The first kappa shape index (κ1) is 20.6. The molecule has 1 aliphatic heterocycles. The number of aryl methyl sites for hydroxylation is 1. The second-order valence-corrected chi connectivity index (χ2v) is 9.57. The van der Waals surface area contributed by atoms with Crippen molar-refractivity contribution >= 4 is 15.7 Å². The molecule has 0 bridgehead atoms. The number of unbranched alkanes of at least 4 members (excludes halogenated alkanes) is 1. The maximum Gasteiger partial charge on any atom is 0.279 e. The summed E-state index contributed by atoms with van der Waals surface area (Å²) in [4.78, 5) is 0.313. The molecule has 28 heavy (non-hydrogen) atoms. The molecule has 4 nitrogen and oxygen atoms in total. The summed E-state index contributed by atoms with van der Waals surface area (Å²) in [5.41, 5.74) is 4.28. The van der Waals surface area contributed by atoms with Crippen LogP contribution in [0, 0.1) is 0 Å². The molecule has 0 spiro atoms. The Morgan fingerprint density at radius 2 is 1.71 bits per heavy atom. The van der Waals surface area contributed by atoms with E-state index in [0.29, 0.717) is 17.4 Å². The lowest BCUT2D eigenvalue weighted by molar-refractivity contribution is 0.410. The summed E-state index contributed by atoms with van der Waals surface area (Å²) in [6.45, 7) is 6.90. The highest BCUT2D eigenvalue weighted by molar-refractivity contribution is 7.89. The van der Waals surface area contributed by atoms with E-state index in [-0.39, 0.29) is 0 Å². The molecular formula is C23H30N2O2S. The van der Waals surface area contributed by atoms with E-state index in [1.165, 1.54) is 15.5 Å². The van der Waals surface area contributed by atoms with Crippen molar-refractivity contribution < 1.29 is 8.42 Å². The first-order valence-electron chi connectivity index (χ1n) is 10.2. The molecule has 0 amide bonds. The van der Waals surface area contributed by atoms with Crippen LogP contribution in [-0.2, 0) is 16.4 Å². The molecule has 0 radical (unpaired) electrons. The van der Waals surface area contributed by atoms with Gasteiger partial charge in [-0.2, -0.15) is 17.9 Å². The Bertz CT molecular complexity index is 914. The van der Waals surface area contributed by atoms with Gasteiger partial charge in [0.2, 0.25) is 0 Å². The third-order valence-electron chi connectivity index (χ3n) is 5.22. The second kappa shape index (κ2) is 8.91. The van der Waals surface area contributed by atoms with Gasteiger partial charge in [-0.05, 0) is 60.4 Å². The van der Waals surface area contributed by atoms with Gasteiger partial charge in [-0.3, -0.25) is 0 Å². The molecule has 0 aromatic heterocycles. The minimum Gasteiger partial charge on any atom is -0.200 e. The Balaban J connectivity index is 1.82. The van der Waals surface area contributed by atoms with Crippen LogP contribution >= 0.6 is 0 Å². The fourth-order valence-electron chi connectivity index (χ4n) is 3.38. The molecular weight excluding hydrogens is 368 g/mol. The van der Waals surface area contributed by atoms with Crippen molar-refractivity contribution in [2.75, 3.05) is 6.54 Å². The maximum atomic E-state index is 13.1. The minimum atomic E-state index is -3.62. The van der Waals surface area contributed by atoms with Gasteiger partial charge < -0.3 is 0 Å². The van der Waals surface area contributed by atoms with Gasteiger partial charge in [0.15, 0.2) is 0 Å². The van der Waals surface area contributed by atoms with Crippen LogP contribution in [0.4, 0.5) is 0 Å². The lowest BCUT2D eigenvalue weighted by atomic mass is 9.98. The van der Waals surface area contributed by atoms with Crippen molar-refractivity contribution in [2.45, 2.75) is 63.7 Å². The van der Waals surface area contributed by atoms with E-state index >= 15 is 0 Å². The van der Waals surface area contributed by atoms with Crippen molar-refractivity contribution in [3.8, 4) is 0 Å². The van der Waals surface area contributed by atoms with E-state index in [2.05, 4.69) is 38.0 Å². The quantitative estimate of drug-likeness (QED) is 0.632. The molecule has 5 heteroatoms. The zero-order chi connectivity index (χ0) is 20.1. The maximum absolute atomic E-state index is 13.1. The van der Waals surface area contributed by atoms with Crippen molar-refractivity contribution in [1.29, 1.82) is 0 Å². The van der Waals surface area contributed by atoms with Crippen molar-refractivity contribution in [3.05, 3.63) is 65.2 Å². The molecule has 0 atom stereocenters. The van der Waals surface area contributed by atoms with Gasteiger partial charge in [0.05, 0.1) is 17.2 Å². The lowest BCUT2D eigenvalue weighted by Crippen LogP contribution is -2.32. The fourth-order valence-corrected chi connectivity index (χ4v) is 4.68. The first-order chi connectivity index (χ1) is 13.4. The SMILES string of the molecule is CCCCc1ccc(S(=O)(=O)N2CCCC(c3ccc(C(C)C)cc3)=N2)cc1. The zero-order valence-electron chi connectivity index (χ0n) is 17.1. The number of hydrogen-bond acceptors (Lipinski definition) is 3. The topological polar surface area (TPSA) is 49.7 Å². The second-order valence-electron chi connectivity index (χ2n) is 7.73. The molecule has 0 saturated heterocycles. The van der Waals surface area contributed by atoms with Crippen LogP contribution in [0.25, 0.3) is 0 Å². The van der Waals surface area contributed by atoms with Gasteiger partial charge in [-0.25, -0.2) is 0 Å². The molecule has 150 valence electrons. The van der Waals surface area contributed by atoms with E-state index in [9.17, 15) is 8.42 Å². The third kappa shape index (κ3) is 4.64. The van der Waals surface area contributed by atoms with E-state index in [1.54, 1.807) is 12.1 Å². The van der Waals surface area contributed by atoms with Crippen LogP contribution in [0.15, 0.2) is 58.5 Å². The van der Waals surface area contributed by atoms with Gasteiger partial charge in [-0.1, -0.05) is 63.6 Å². The number of benzene rings is 2. The fraction of sp³-hybridized carbons (Fsp3) is 0.435. The van der Waals surface area contributed by atoms with Crippen LogP contribution in [-0.4, -0.2) is 25.1 Å². The van der Waals surface area contributed by atoms with Gasteiger partial charge in [0.25, 0.3) is 10.0 Å². The average molecular weight is 399 g/mol. The van der Waals surface area contributed by atoms with Crippen LogP contribution in [0.3, 0.4) is 0 Å². The molecule has 0 fully saturated rings. The monoisotopic (exact) mass is 398 g/mol. The summed E-state index contributed by atoms with van der Waals surface area (Å²) in [6.07, 6.45) is 4.79. The Kier molecular flexibility index (Phi) is 6.55. The Morgan fingerprint density at radius 3 is 2.32 bits per heavy atom. The number of sulfonamides is 1. The summed E-state index contributed by atoms with van der Waals surface area (Å²) in [5.74, 6) is 0.472. The van der Waals surface area contributed by atoms with Gasteiger partial charge in [0, 0.05) is 0 Å². The highest BCUT2D eigenvalue weighted by atomic mass is 32.2. The van der Waals surface area contributed by atoms with Crippen LogP contribution in [0.5, 0.6) is 0 Å². The molecule has 0 N–H and O–H groups in total. The summed E-state index contributed by atoms with van der Waals surface area (Å²) in [6, 6.07) is 15.6. The molecule has 0 saturated carbocycles. The number of nitrogens with zero attached hydrogens (tertiary/aromatic N) is 2. The number of hydrogen-bond donors (Lipinski definition) is 0. The lowest BCUT2D eigenvalue weighted by Gasteiger charge is -2.25. The van der Waals surface area contributed by atoms with Crippen LogP contribution < -0.4 is 0 Å². The molecule has 2 aromatic carbocycles. The van der Waals surface area contributed by atoms with Crippen LogP contribution in [0.2, 0.25) is 0 Å². The van der Waals surface area contributed by atoms with E-state index < -0.39 is 10.0 Å². The third-order valence-corrected chi connectivity index (χ3v) is 6.91. The minimum absolute atomic E-state index is 0.313. The first-order valence-corrected chi connectivity index (χ1v) is 11.7. The highest BCUT2D eigenvalue weighted by Gasteiger charge is 2.26. The normalized spacial score (nSPS) is 15.0. The van der Waals surface area contributed by atoms with E-state index in [0.717, 1.165) is 43.4 Å². The standard InChI is InChI=1S/C23H30N2O2S/c1-4-5-7-19-9-15-22(16-10-19)28(26,27)25-17-6-8-23(24-25)21-13-11-20(12-14-21)18(2)3/h9-16,18H,4-8,17H2,1-3H3. The Hall–Kier alpha value is -2.14. The Morgan fingerprint density at radius 1 is 1.04 bits per heavy atom. The van der Waals surface area contributed by atoms with Crippen molar-refractivity contribution in [3.63, 3.8) is 0 Å². The smallest absolute Gasteiger partial charge is 0.200 e. The van der Waals surface area contributed by atoms with E-state index in [4.69, 9.17) is 0 Å². The molecule has 0 unspecified atom stereocenters. The van der Waals surface area contributed by atoms with Crippen LogP contribution in [0.1, 0.15) is 69.1 Å². The summed E-state index contributed by atoms with van der Waals surface area (Å²) < 4.78 is 27.4. The average Bonchev–Trinajstić information content (AvgIpc) is 2.72. The number of hydrazone groups is 1. The molecule has 1 heterocycles. The van der Waals surface area contributed by atoms with Crippen molar-refractivity contribution in [2.24, 2.45) is 5.10 Å². The Labute approximate surface area is 169 Å². The predicted molar refractivity (Wildman–Crippen MR) is 115 cm³/mol. The zero-order valence-corrected chi connectivity index (χ0v) is 17.9. The summed E-state index contributed by atoms with van der Waals surface area (Å²) in [5, 5.41) is 4.51. The van der Waals surface area contributed by atoms with Gasteiger partial charge in [-0.15, -0.1) is 0 Å². The number of rotatable bonds is 7. The molecule has 0 aliphatic carbocycles.